The van der Waals surface area contributed by atoms with E-state index >= 15 is 4.39 Å². The minimum atomic E-state index is -1.52. The van der Waals surface area contributed by atoms with Crippen LogP contribution in [0.25, 0.3) is 0 Å². The first-order valence-electron chi connectivity index (χ1n) is 9.64. The highest BCUT2D eigenvalue weighted by atomic mass is 19.1. The molecule has 3 aromatic rings. The number of carbonyl (C=O) groups excluding carboxylic acids is 1. The lowest BCUT2D eigenvalue weighted by molar-refractivity contribution is -0.131. The number of nitrogen functional groups attached to an aromatic ring is 1. The van der Waals surface area contributed by atoms with Crippen LogP contribution in [0.3, 0.4) is 0 Å². The molecule has 0 saturated carbocycles. The Balaban J connectivity index is 1.73. The van der Waals surface area contributed by atoms with Gasteiger partial charge in [0, 0.05) is 31.6 Å². The van der Waals surface area contributed by atoms with Gasteiger partial charge in [0.15, 0.2) is 17.7 Å². The number of amidine groups is 1. The maximum atomic E-state index is 15.0. The smallest absolute Gasteiger partial charge is 0.254 e. The van der Waals surface area contributed by atoms with Crippen molar-refractivity contribution in [3.63, 3.8) is 0 Å². The summed E-state index contributed by atoms with van der Waals surface area (Å²) in [4.78, 5) is 16.5. The average molecular weight is 440 g/mol. The standard InChI is InChI=1S/C23H22F2N4O3/c1-31-21(23(30)29-12-14-2-4-16(5-3-14)22(26)27)19-17(24)6-7-18(20(19)25)32-13-15-8-10-28-11-9-15/h2-11,21H,12-13H2,1H3,(H3,26,27)(H,29,30). The third-order valence-corrected chi connectivity index (χ3v) is 4.70. The van der Waals surface area contributed by atoms with E-state index in [1.165, 1.54) is 7.11 Å². The fraction of sp³-hybridized carbons (Fsp3) is 0.174. The van der Waals surface area contributed by atoms with Gasteiger partial charge in [0.05, 0.1) is 5.56 Å². The molecule has 1 unspecified atom stereocenters. The Morgan fingerprint density at radius 2 is 1.78 bits per heavy atom. The summed E-state index contributed by atoms with van der Waals surface area (Å²) in [6.45, 7) is 0.142. The van der Waals surface area contributed by atoms with Crippen molar-refractivity contribution in [2.24, 2.45) is 5.73 Å². The van der Waals surface area contributed by atoms with Crippen LogP contribution in [0.2, 0.25) is 0 Å². The van der Waals surface area contributed by atoms with Crippen molar-refractivity contribution in [1.29, 1.82) is 5.41 Å². The highest BCUT2D eigenvalue weighted by molar-refractivity contribution is 5.94. The average Bonchev–Trinajstić information content (AvgIpc) is 2.80. The van der Waals surface area contributed by atoms with E-state index in [0.29, 0.717) is 11.1 Å². The molecule has 0 aliphatic carbocycles. The molecule has 9 heteroatoms. The molecule has 1 aromatic heterocycles. The number of carbonyl (C=O) groups is 1. The van der Waals surface area contributed by atoms with E-state index < -0.39 is 29.2 Å². The van der Waals surface area contributed by atoms with E-state index in [1.807, 2.05) is 0 Å². The number of benzene rings is 2. The van der Waals surface area contributed by atoms with E-state index in [0.717, 1.165) is 17.7 Å². The number of amides is 1. The fourth-order valence-electron chi connectivity index (χ4n) is 2.98. The summed E-state index contributed by atoms with van der Waals surface area (Å²) >= 11 is 0. The molecule has 1 amide bonds. The summed E-state index contributed by atoms with van der Waals surface area (Å²) in [6, 6.07) is 12.3. The van der Waals surface area contributed by atoms with Crippen LogP contribution in [0.15, 0.2) is 60.9 Å². The Morgan fingerprint density at radius 3 is 2.41 bits per heavy atom. The minimum Gasteiger partial charge on any atom is -0.486 e. The van der Waals surface area contributed by atoms with Crippen molar-refractivity contribution >= 4 is 11.7 Å². The Labute approximate surface area is 183 Å². The van der Waals surface area contributed by atoms with Crippen LogP contribution in [0.1, 0.15) is 28.4 Å². The van der Waals surface area contributed by atoms with Crippen molar-refractivity contribution in [1.82, 2.24) is 10.3 Å². The number of ether oxygens (including phenoxy) is 2. The monoisotopic (exact) mass is 440 g/mol. The number of nitrogens with zero attached hydrogens (tertiary/aromatic N) is 1. The van der Waals surface area contributed by atoms with E-state index in [4.69, 9.17) is 20.6 Å². The molecular weight excluding hydrogens is 418 g/mol. The van der Waals surface area contributed by atoms with Crippen molar-refractivity contribution in [3.05, 3.63) is 94.8 Å². The minimum absolute atomic E-state index is 0.0462. The molecule has 0 bridgehead atoms. The van der Waals surface area contributed by atoms with Crippen LogP contribution >= 0.6 is 0 Å². The molecule has 32 heavy (non-hydrogen) atoms. The molecule has 0 fully saturated rings. The molecule has 1 heterocycles. The molecule has 4 N–H and O–H groups in total. The van der Waals surface area contributed by atoms with Gasteiger partial charge in [-0.2, -0.15) is 0 Å². The molecule has 166 valence electrons. The first kappa shape index (κ1) is 22.8. The van der Waals surface area contributed by atoms with Crippen LogP contribution < -0.4 is 15.8 Å². The first-order chi connectivity index (χ1) is 15.4. The van der Waals surface area contributed by atoms with E-state index in [9.17, 15) is 9.18 Å². The first-order valence-corrected chi connectivity index (χ1v) is 9.64. The third-order valence-electron chi connectivity index (χ3n) is 4.70. The lowest BCUT2D eigenvalue weighted by atomic mass is 10.1. The van der Waals surface area contributed by atoms with Gasteiger partial charge >= 0.3 is 0 Å². The number of hydrogen-bond acceptors (Lipinski definition) is 5. The second kappa shape index (κ2) is 10.5. The SMILES string of the molecule is COC(C(=O)NCc1ccc(C(=N)N)cc1)c1c(F)ccc(OCc2ccncc2)c1F. The number of nitrogens with two attached hydrogens (primary N) is 1. The van der Waals surface area contributed by atoms with Gasteiger partial charge in [0.2, 0.25) is 0 Å². The molecular formula is C23H22F2N4O3. The highest BCUT2D eigenvalue weighted by Crippen LogP contribution is 2.30. The second-order valence-electron chi connectivity index (χ2n) is 6.86. The van der Waals surface area contributed by atoms with Crippen LogP contribution in [0, 0.1) is 17.0 Å². The third kappa shape index (κ3) is 5.44. The zero-order valence-corrected chi connectivity index (χ0v) is 17.3. The van der Waals surface area contributed by atoms with Crippen LogP contribution in [-0.4, -0.2) is 23.8 Å². The van der Waals surface area contributed by atoms with Gasteiger partial charge in [-0.1, -0.05) is 24.3 Å². The number of halogens is 2. The lowest BCUT2D eigenvalue weighted by Gasteiger charge is -2.19. The van der Waals surface area contributed by atoms with Crippen LogP contribution in [0.5, 0.6) is 5.75 Å². The summed E-state index contributed by atoms with van der Waals surface area (Å²) in [5.41, 5.74) is 6.89. The Hall–Kier alpha value is -3.85. The number of rotatable bonds is 9. The van der Waals surface area contributed by atoms with Crippen LogP contribution in [0.4, 0.5) is 8.78 Å². The Morgan fingerprint density at radius 1 is 1.09 bits per heavy atom. The highest BCUT2D eigenvalue weighted by Gasteiger charge is 2.29. The number of pyridine rings is 1. The summed E-state index contributed by atoms with van der Waals surface area (Å²) in [5.74, 6) is -2.92. The molecule has 3 rings (SSSR count). The number of hydrogen-bond donors (Lipinski definition) is 3. The lowest BCUT2D eigenvalue weighted by Crippen LogP contribution is -2.31. The van der Waals surface area contributed by atoms with E-state index in [-0.39, 0.29) is 24.7 Å². The summed E-state index contributed by atoms with van der Waals surface area (Å²) in [7, 11) is 1.19. The van der Waals surface area contributed by atoms with Gasteiger partial charge in [-0.05, 0) is 35.4 Å². The zero-order chi connectivity index (χ0) is 23.1. The molecule has 1 atom stereocenters. The van der Waals surface area contributed by atoms with Crippen molar-refractivity contribution in [2.75, 3.05) is 7.11 Å². The molecule has 7 nitrogen and oxygen atoms in total. The van der Waals surface area contributed by atoms with Gasteiger partial charge in [-0.15, -0.1) is 0 Å². The van der Waals surface area contributed by atoms with E-state index in [2.05, 4.69) is 10.3 Å². The molecule has 0 saturated heterocycles. The predicted molar refractivity (Wildman–Crippen MR) is 114 cm³/mol. The van der Waals surface area contributed by atoms with Gasteiger partial charge in [0.25, 0.3) is 5.91 Å². The quantitative estimate of drug-likeness (QED) is 0.350. The zero-order valence-electron chi connectivity index (χ0n) is 17.3. The molecule has 0 radical (unpaired) electrons. The van der Waals surface area contributed by atoms with Crippen molar-refractivity contribution < 1.29 is 23.0 Å². The molecule has 2 aromatic carbocycles. The van der Waals surface area contributed by atoms with Crippen molar-refractivity contribution in [2.45, 2.75) is 19.3 Å². The molecule has 0 aliphatic rings. The fourth-order valence-corrected chi connectivity index (χ4v) is 2.98. The largest absolute Gasteiger partial charge is 0.486 e. The maximum absolute atomic E-state index is 15.0. The second-order valence-corrected chi connectivity index (χ2v) is 6.86. The van der Waals surface area contributed by atoms with Gasteiger partial charge in [-0.25, -0.2) is 8.78 Å². The molecule has 0 spiro atoms. The van der Waals surface area contributed by atoms with Gasteiger partial charge in [-0.3, -0.25) is 15.2 Å². The maximum Gasteiger partial charge on any atom is 0.254 e. The number of methoxy groups -OCH3 is 1. The molecule has 0 aliphatic heterocycles. The Bertz CT molecular complexity index is 1090. The summed E-state index contributed by atoms with van der Waals surface area (Å²) in [6.07, 6.45) is 1.63. The Kier molecular flexibility index (Phi) is 7.45. The van der Waals surface area contributed by atoms with Gasteiger partial charge in [0.1, 0.15) is 18.3 Å². The number of aromatic nitrogens is 1. The van der Waals surface area contributed by atoms with E-state index in [1.54, 1.807) is 48.8 Å². The summed E-state index contributed by atoms with van der Waals surface area (Å²) in [5, 5.41) is 10.00. The van der Waals surface area contributed by atoms with Crippen LogP contribution in [-0.2, 0) is 22.7 Å². The number of nitrogens with one attached hydrogen (secondary N) is 2. The normalized spacial score (nSPS) is 11.6. The van der Waals surface area contributed by atoms with Gasteiger partial charge < -0.3 is 20.5 Å². The topological polar surface area (TPSA) is 110 Å². The summed E-state index contributed by atoms with van der Waals surface area (Å²) < 4.78 is 40.1. The predicted octanol–water partition coefficient (Wildman–Crippen LogP) is 3.23. The van der Waals surface area contributed by atoms with Crippen molar-refractivity contribution in [3.8, 4) is 5.75 Å².